The normalized spacial score (nSPS) is 12.5. The summed E-state index contributed by atoms with van der Waals surface area (Å²) in [7, 11) is 0. The van der Waals surface area contributed by atoms with Crippen LogP contribution in [-0.4, -0.2) is 106 Å². The molecule has 2 atom stereocenters. The van der Waals surface area contributed by atoms with Crippen molar-refractivity contribution in [2.45, 2.75) is 64.8 Å². The largest absolute Gasteiger partial charge is 0.480 e. The number of carboxylic acid groups (broad SMARTS) is 1. The lowest BCUT2D eigenvalue weighted by molar-refractivity contribution is -0.138. The highest BCUT2D eigenvalue weighted by Gasteiger charge is 2.13. The summed E-state index contributed by atoms with van der Waals surface area (Å²) in [5.41, 5.74) is 5.35. The van der Waals surface area contributed by atoms with Gasteiger partial charge in [-0.15, -0.1) is 0 Å². The van der Waals surface area contributed by atoms with Crippen LogP contribution in [0.15, 0.2) is 0 Å². The smallest absolute Gasteiger partial charge is 0.320 e. The number of Topliss-reactive ketones (excluding diaryl/α,β-unsaturated/α-hetero) is 2. The Kier molecular flexibility index (Phi) is 23.0. The maximum Gasteiger partial charge on any atom is 0.320 e. The lowest BCUT2D eigenvalue weighted by Gasteiger charge is -2.09. The van der Waals surface area contributed by atoms with Crippen molar-refractivity contribution >= 4 is 29.4 Å². The summed E-state index contributed by atoms with van der Waals surface area (Å²) in [5, 5.41) is 14.1. The Bertz CT molecular complexity index is 720. The fourth-order valence-corrected chi connectivity index (χ4v) is 3.08. The van der Waals surface area contributed by atoms with Crippen LogP contribution in [-0.2, 0) is 42.9 Å². The van der Waals surface area contributed by atoms with Gasteiger partial charge in [0.2, 0.25) is 11.8 Å². The molecule has 0 bridgehead atoms. The van der Waals surface area contributed by atoms with Crippen LogP contribution in [0.5, 0.6) is 0 Å². The van der Waals surface area contributed by atoms with E-state index in [1.807, 2.05) is 6.92 Å². The number of hydrogen-bond donors (Lipinski definition) is 4. The molecule has 0 saturated carbocycles. The number of hydrogen-bond acceptors (Lipinski definition) is 10. The second-order valence-corrected chi connectivity index (χ2v) is 9.16. The van der Waals surface area contributed by atoms with Gasteiger partial charge < -0.3 is 40.4 Å². The molecule has 0 spiro atoms. The Morgan fingerprint density at radius 3 is 1.87 bits per heavy atom. The summed E-state index contributed by atoms with van der Waals surface area (Å²) in [5.74, 6) is -1.40. The van der Waals surface area contributed by atoms with Gasteiger partial charge in [0.1, 0.15) is 30.8 Å². The highest BCUT2D eigenvalue weighted by Crippen LogP contribution is 2.08. The van der Waals surface area contributed by atoms with Gasteiger partial charge in [-0.05, 0) is 32.6 Å². The zero-order valence-electron chi connectivity index (χ0n) is 23.4. The zero-order chi connectivity index (χ0) is 29.3. The minimum absolute atomic E-state index is 0.0487. The number of ether oxygens (including phenoxy) is 4. The molecule has 0 aliphatic rings. The van der Waals surface area contributed by atoms with E-state index in [9.17, 15) is 24.0 Å². The monoisotopic (exact) mass is 561 g/mol. The van der Waals surface area contributed by atoms with Gasteiger partial charge >= 0.3 is 5.97 Å². The number of aliphatic carboxylic acids is 1. The predicted octanol–water partition coefficient (Wildman–Crippen LogP) is 0.222. The zero-order valence-corrected chi connectivity index (χ0v) is 23.4. The molecular formula is C26H47N3O10. The number of nitrogens with one attached hydrogen (secondary N) is 2. The van der Waals surface area contributed by atoms with E-state index >= 15 is 0 Å². The molecule has 0 radical (unpaired) electrons. The van der Waals surface area contributed by atoms with Crippen LogP contribution in [0.1, 0.15) is 58.8 Å². The lowest BCUT2D eigenvalue weighted by Crippen LogP contribution is -2.31. The van der Waals surface area contributed by atoms with E-state index in [1.54, 1.807) is 6.92 Å². The number of carbonyl (C=O) groups is 5. The molecule has 5 N–H and O–H groups in total. The van der Waals surface area contributed by atoms with E-state index < -0.39 is 12.0 Å². The highest BCUT2D eigenvalue weighted by molar-refractivity contribution is 5.80. The first-order valence-electron chi connectivity index (χ1n) is 13.5. The molecule has 0 rings (SSSR count). The third kappa shape index (κ3) is 24.3. The van der Waals surface area contributed by atoms with E-state index in [-0.39, 0.29) is 75.2 Å². The average Bonchev–Trinajstić information content (AvgIpc) is 2.89. The van der Waals surface area contributed by atoms with Gasteiger partial charge in [-0.25, -0.2) is 0 Å². The van der Waals surface area contributed by atoms with Crippen LogP contribution >= 0.6 is 0 Å². The predicted molar refractivity (Wildman–Crippen MR) is 142 cm³/mol. The third-order valence-electron chi connectivity index (χ3n) is 5.65. The molecule has 0 unspecified atom stereocenters. The minimum Gasteiger partial charge on any atom is -0.480 e. The van der Waals surface area contributed by atoms with Gasteiger partial charge in [-0.3, -0.25) is 24.0 Å². The lowest BCUT2D eigenvalue weighted by atomic mass is 10.0. The summed E-state index contributed by atoms with van der Waals surface area (Å²) in [4.78, 5) is 56.8. The molecule has 0 aromatic carbocycles. The number of carboxylic acids is 1. The topological polar surface area (TPSA) is 193 Å². The molecule has 0 fully saturated rings. The molecule has 13 heteroatoms. The molecule has 0 aromatic rings. The van der Waals surface area contributed by atoms with Crippen molar-refractivity contribution in [3.63, 3.8) is 0 Å². The van der Waals surface area contributed by atoms with Crippen LogP contribution in [0.2, 0.25) is 0 Å². The fourth-order valence-electron chi connectivity index (χ4n) is 3.08. The van der Waals surface area contributed by atoms with Crippen molar-refractivity contribution in [3.05, 3.63) is 0 Å². The maximum absolute atomic E-state index is 11.7. The number of amides is 2. The fraction of sp³-hybridized carbons (Fsp3) is 0.808. The van der Waals surface area contributed by atoms with Crippen molar-refractivity contribution in [3.8, 4) is 0 Å². The van der Waals surface area contributed by atoms with Crippen LogP contribution in [0.4, 0.5) is 0 Å². The Hall–Kier alpha value is -2.45. The molecule has 0 aliphatic carbocycles. The number of unbranched alkanes of at least 4 members (excludes halogenated alkanes) is 1. The quantitative estimate of drug-likeness (QED) is 0.100. The van der Waals surface area contributed by atoms with Gasteiger partial charge in [-0.2, -0.15) is 0 Å². The van der Waals surface area contributed by atoms with E-state index in [0.717, 1.165) is 19.3 Å². The average molecular weight is 562 g/mol. The van der Waals surface area contributed by atoms with Crippen LogP contribution < -0.4 is 16.4 Å². The van der Waals surface area contributed by atoms with E-state index in [2.05, 4.69) is 10.6 Å². The van der Waals surface area contributed by atoms with E-state index in [1.165, 1.54) is 0 Å². The molecule has 226 valence electrons. The number of ketones is 2. The first-order valence-corrected chi connectivity index (χ1v) is 13.5. The SMILES string of the molecule is CC(=O)[C@@H](C)CCCCNC(=O)COCCOCCNC(=O)COCCOCCCC(=O)CC[C@H](N)C(=O)O. The van der Waals surface area contributed by atoms with Crippen molar-refractivity contribution in [2.75, 3.05) is 65.9 Å². The molecule has 0 heterocycles. The van der Waals surface area contributed by atoms with Gasteiger partial charge in [0.25, 0.3) is 0 Å². The molecule has 2 amide bonds. The second-order valence-electron chi connectivity index (χ2n) is 9.16. The summed E-state index contributed by atoms with van der Waals surface area (Å²) < 4.78 is 21.1. The first kappa shape index (κ1) is 36.5. The maximum atomic E-state index is 11.7. The van der Waals surface area contributed by atoms with Crippen molar-refractivity contribution < 1.29 is 48.0 Å². The van der Waals surface area contributed by atoms with Gasteiger partial charge in [0.05, 0.1) is 33.0 Å². The van der Waals surface area contributed by atoms with E-state index in [4.69, 9.17) is 29.8 Å². The summed E-state index contributed by atoms with van der Waals surface area (Å²) in [6.07, 6.45) is 3.59. The molecule has 0 aliphatic heterocycles. The summed E-state index contributed by atoms with van der Waals surface area (Å²) in [6, 6.07) is -1.02. The van der Waals surface area contributed by atoms with Crippen molar-refractivity contribution in [1.29, 1.82) is 0 Å². The van der Waals surface area contributed by atoms with Gasteiger partial charge in [0, 0.05) is 38.5 Å². The number of rotatable bonds is 27. The Labute approximate surface area is 230 Å². The van der Waals surface area contributed by atoms with Gasteiger partial charge in [0.15, 0.2) is 0 Å². The second kappa shape index (κ2) is 24.6. The third-order valence-corrected chi connectivity index (χ3v) is 5.65. The van der Waals surface area contributed by atoms with Crippen LogP contribution in [0.25, 0.3) is 0 Å². The van der Waals surface area contributed by atoms with Gasteiger partial charge in [-0.1, -0.05) is 13.3 Å². The number of carbonyl (C=O) groups excluding carboxylic acids is 4. The molecule has 13 nitrogen and oxygen atoms in total. The number of nitrogens with two attached hydrogens (primary N) is 1. The highest BCUT2D eigenvalue weighted by atomic mass is 16.5. The summed E-state index contributed by atoms with van der Waals surface area (Å²) >= 11 is 0. The van der Waals surface area contributed by atoms with Crippen LogP contribution in [0, 0.1) is 5.92 Å². The first-order chi connectivity index (χ1) is 18.6. The molecule has 0 saturated heterocycles. The van der Waals surface area contributed by atoms with Crippen LogP contribution in [0.3, 0.4) is 0 Å². The van der Waals surface area contributed by atoms with E-state index in [0.29, 0.717) is 45.8 Å². The standard InChI is InChI=1S/C26H47N3O10/c1-20(21(2)30)6-3-4-10-28-24(32)18-39-17-15-37-13-11-29-25(33)19-38-16-14-36-12-5-7-22(31)8-9-23(27)26(34)35/h20,23H,3-19,27H2,1-2H3,(H,28,32)(H,29,33)(H,34,35)/t20-,23-/m0/s1. The minimum atomic E-state index is -1.12. The van der Waals surface area contributed by atoms with Crippen molar-refractivity contribution in [2.24, 2.45) is 11.7 Å². The molecular weight excluding hydrogens is 514 g/mol. The Morgan fingerprint density at radius 1 is 0.718 bits per heavy atom. The Morgan fingerprint density at radius 2 is 1.28 bits per heavy atom. The van der Waals surface area contributed by atoms with Crippen molar-refractivity contribution in [1.82, 2.24) is 10.6 Å². The molecule has 0 aromatic heterocycles. The Balaban J connectivity index is 3.41. The summed E-state index contributed by atoms with van der Waals surface area (Å²) in [6.45, 7) is 5.93. The molecule has 39 heavy (non-hydrogen) atoms.